The molecule has 2 rings (SSSR count). The fourth-order valence-electron chi connectivity index (χ4n) is 2.08. The largest absolute Gasteiger partial charge is 0.447 e. The number of benzene rings is 1. The monoisotopic (exact) mass is 392 g/mol. The normalized spacial score (nSPS) is 11.4. The van der Waals surface area contributed by atoms with Gasteiger partial charge >= 0.3 is 12.0 Å². The Morgan fingerprint density at radius 3 is 2.58 bits per heavy atom. The van der Waals surface area contributed by atoms with E-state index in [2.05, 4.69) is 10.6 Å². The van der Waals surface area contributed by atoms with Crippen LogP contribution in [-0.4, -0.2) is 30.2 Å². The first-order chi connectivity index (χ1) is 12.6. The molecule has 0 fully saturated rings. The minimum atomic E-state index is -1.17. The van der Waals surface area contributed by atoms with Gasteiger partial charge in [-0.25, -0.2) is 4.79 Å². The van der Waals surface area contributed by atoms with Gasteiger partial charge in [-0.3, -0.25) is 14.9 Å². The number of urea groups is 1. The van der Waals surface area contributed by atoms with Gasteiger partial charge in [-0.15, -0.1) is 23.1 Å². The van der Waals surface area contributed by atoms with Crippen LogP contribution in [0, 0.1) is 0 Å². The van der Waals surface area contributed by atoms with E-state index in [1.807, 2.05) is 17.5 Å². The quantitative estimate of drug-likeness (QED) is 0.675. The number of thioether (sulfide) groups is 1. The number of ether oxygens (including phenoxy) is 1. The molecule has 0 aliphatic rings. The number of rotatable bonds is 8. The Morgan fingerprint density at radius 2 is 1.92 bits per heavy atom. The van der Waals surface area contributed by atoms with Gasteiger partial charge in [0.15, 0.2) is 0 Å². The maximum absolute atomic E-state index is 12.4. The molecule has 1 aromatic carbocycles. The van der Waals surface area contributed by atoms with Crippen LogP contribution in [0.1, 0.15) is 23.5 Å². The van der Waals surface area contributed by atoms with E-state index >= 15 is 0 Å². The molecule has 0 aliphatic heterocycles. The van der Waals surface area contributed by atoms with Gasteiger partial charge in [0, 0.05) is 22.7 Å². The molecule has 1 atom stereocenters. The lowest BCUT2D eigenvalue weighted by Crippen LogP contribution is -2.42. The minimum Gasteiger partial charge on any atom is -0.447 e. The third-order valence-electron chi connectivity index (χ3n) is 3.21. The lowest BCUT2D eigenvalue weighted by molar-refractivity contribution is -0.153. The summed E-state index contributed by atoms with van der Waals surface area (Å²) in [7, 11) is 0. The second kappa shape index (κ2) is 10.6. The Hall–Kier alpha value is -2.32. The molecule has 2 N–H and O–H groups in total. The highest BCUT2D eigenvalue weighted by Crippen LogP contribution is 2.21. The molecular weight excluding hydrogens is 372 g/mol. The summed E-state index contributed by atoms with van der Waals surface area (Å²) < 4.78 is 5.35. The van der Waals surface area contributed by atoms with E-state index in [0.29, 0.717) is 17.9 Å². The lowest BCUT2D eigenvalue weighted by Gasteiger charge is -2.17. The Balaban J connectivity index is 1.95. The van der Waals surface area contributed by atoms with Gasteiger partial charge in [-0.05, 0) is 18.4 Å². The highest BCUT2D eigenvalue weighted by molar-refractivity contribution is 7.99. The first-order valence-electron chi connectivity index (χ1n) is 8.03. The predicted octanol–water partition coefficient (Wildman–Crippen LogP) is 3.11. The second-order valence-electron chi connectivity index (χ2n) is 5.20. The first-order valence-corrected chi connectivity index (χ1v) is 10.1. The summed E-state index contributed by atoms with van der Waals surface area (Å²) in [6, 6.07) is 11.9. The summed E-state index contributed by atoms with van der Waals surface area (Å²) in [5.41, 5.74) is 0.505. The number of hydrogen-bond donors (Lipinski definition) is 2. The van der Waals surface area contributed by atoms with Gasteiger partial charge in [0.2, 0.25) is 6.10 Å². The molecule has 138 valence electrons. The molecule has 8 heteroatoms. The second-order valence-corrected chi connectivity index (χ2v) is 7.22. The smallest absolute Gasteiger partial charge is 0.321 e. The molecule has 0 saturated heterocycles. The summed E-state index contributed by atoms with van der Waals surface area (Å²) in [6.07, 6.45) is -1.17. The first kappa shape index (κ1) is 20.0. The van der Waals surface area contributed by atoms with Crippen LogP contribution < -0.4 is 10.6 Å². The van der Waals surface area contributed by atoms with Gasteiger partial charge in [0.1, 0.15) is 0 Å². The molecule has 0 saturated carbocycles. The summed E-state index contributed by atoms with van der Waals surface area (Å²) >= 11 is 3.04. The number of thiophene rings is 1. The van der Waals surface area contributed by atoms with Crippen molar-refractivity contribution in [1.82, 2.24) is 10.6 Å². The Morgan fingerprint density at radius 1 is 1.15 bits per heavy atom. The minimum absolute atomic E-state index is 0.121. The van der Waals surface area contributed by atoms with Crippen LogP contribution in [0.4, 0.5) is 4.79 Å². The maximum Gasteiger partial charge on any atom is 0.321 e. The number of hydrogen-bond acceptors (Lipinski definition) is 6. The molecule has 2 aromatic rings. The molecule has 1 aromatic heterocycles. The summed E-state index contributed by atoms with van der Waals surface area (Å²) in [4.78, 5) is 37.3. The predicted molar refractivity (Wildman–Crippen MR) is 103 cm³/mol. The lowest BCUT2D eigenvalue weighted by atomic mass is 10.1. The topological polar surface area (TPSA) is 84.5 Å². The fraction of sp³-hybridized carbons (Fsp3) is 0.278. The Labute approximate surface area is 160 Å². The van der Waals surface area contributed by atoms with Gasteiger partial charge in [-0.1, -0.05) is 36.4 Å². The van der Waals surface area contributed by atoms with Crippen molar-refractivity contribution in [3.8, 4) is 0 Å². The highest BCUT2D eigenvalue weighted by Gasteiger charge is 2.26. The molecule has 1 heterocycles. The van der Waals surface area contributed by atoms with Crippen molar-refractivity contribution in [2.75, 3.05) is 12.3 Å². The van der Waals surface area contributed by atoms with Crippen molar-refractivity contribution in [3.63, 3.8) is 0 Å². The molecule has 0 radical (unpaired) electrons. The van der Waals surface area contributed by atoms with Gasteiger partial charge in [0.25, 0.3) is 5.91 Å². The fourth-order valence-corrected chi connectivity index (χ4v) is 3.72. The van der Waals surface area contributed by atoms with Crippen LogP contribution in [0.3, 0.4) is 0 Å². The average Bonchev–Trinajstić information content (AvgIpc) is 3.14. The van der Waals surface area contributed by atoms with Crippen LogP contribution in [0.15, 0.2) is 47.8 Å². The number of esters is 1. The number of amides is 3. The molecule has 3 amide bonds. The third-order valence-corrected chi connectivity index (χ3v) is 5.22. The zero-order valence-electron chi connectivity index (χ0n) is 14.3. The summed E-state index contributed by atoms with van der Waals surface area (Å²) in [5, 5.41) is 6.64. The van der Waals surface area contributed by atoms with Crippen LogP contribution in [0.25, 0.3) is 0 Å². The van der Waals surface area contributed by atoms with Crippen molar-refractivity contribution in [1.29, 1.82) is 0 Å². The molecule has 0 spiro atoms. The van der Waals surface area contributed by atoms with Crippen molar-refractivity contribution in [2.24, 2.45) is 0 Å². The molecule has 0 aliphatic carbocycles. The number of imide groups is 1. The molecule has 26 heavy (non-hydrogen) atoms. The van der Waals surface area contributed by atoms with Crippen molar-refractivity contribution >= 4 is 41.0 Å². The van der Waals surface area contributed by atoms with E-state index in [1.165, 1.54) is 11.8 Å². The van der Waals surface area contributed by atoms with E-state index in [1.54, 1.807) is 48.6 Å². The van der Waals surface area contributed by atoms with E-state index in [9.17, 15) is 14.4 Å². The van der Waals surface area contributed by atoms with E-state index < -0.39 is 24.0 Å². The number of nitrogens with one attached hydrogen (secondary N) is 2. The summed E-state index contributed by atoms with van der Waals surface area (Å²) in [5.74, 6) is -0.367. The standard InChI is InChI=1S/C18H20N2O4S2/c1-2-19-18(23)20-17(22)16(13-7-4-3-5-8-13)24-15(21)12-25-11-14-9-6-10-26-14/h3-10,16H,2,11-12H2,1H3,(H2,19,20,22,23)/t16-/m0/s1. The van der Waals surface area contributed by atoms with Crippen molar-refractivity contribution < 1.29 is 19.1 Å². The molecule has 0 bridgehead atoms. The summed E-state index contributed by atoms with van der Waals surface area (Å²) in [6.45, 7) is 2.12. The van der Waals surface area contributed by atoms with Gasteiger partial charge < -0.3 is 10.1 Å². The van der Waals surface area contributed by atoms with Crippen LogP contribution >= 0.6 is 23.1 Å². The SMILES string of the molecule is CCNC(=O)NC(=O)[C@@H](OC(=O)CSCc1cccs1)c1ccccc1. The molecule has 0 unspecified atom stereocenters. The molecular formula is C18H20N2O4S2. The number of carbonyl (C=O) groups excluding carboxylic acids is 3. The maximum atomic E-state index is 12.4. The number of carbonyl (C=O) groups is 3. The zero-order chi connectivity index (χ0) is 18.8. The average molecular weight is 393 g/mol. The third kappa shape index (κ3) is 6.53. The Kier molecular flexibility index (Phi) is 8.17. The van der Waals surface area contributed by atoms with Crippen LogP contribution in [0.5, 0.6) is 0 Å². The Bertz CT molecular complexity index is 720. The van der Waals surface area contributed by atoms with E-state index in [-0.39, 0.29) is 5.75 Å². The van der Waals surface area contributed by atoms with Gasteiger partial charge in [0.05, 0.1) is 5.75 Å². The zero-order valence-corrected chi connectivity index (χ0v) is 15.9. The van der Waals surface area contributed by atoms with Crippen molar-refractivity contribution in [2.45, 2.75) is 18.8 Å². The van der Waals surface area contributed by atoms with E-state index in [4.69, 9.17) is 4.74 Å². The van der Waals surface area contributed by atoms with Crippen molar-refractivity contribution in [3.05, 3.63) is 58.3 Å². The van der Waals surface area contributed by atoms with E-state index in [0.717, 1.165) is 4.88 Å². The van der Waals surface area contributed by atoms with Crippen LogP contribution in [-0.2, 0) is 20.1 Å². The highest BCUT2D eigenvalue weighted by atomic mass is 32.2. The van der Waals surface area contributed by atoms with Crippen LogP contribution in [0.2, 0.25) is 0 Å². The molecule has 6 nitrogen and oxygen atoms in total. The van der Waals surface area contributed by atoms with Gasteiger partial charge in [-0.2, -0.15) is 0 Å².